The number of nitrogens with zero attached hydrogens (tertiary/aromatic N) is 5. The molecule has 3 heterocycles. The van der Waals surface area contributed by atoms with Gasteiger partial charge in [0.2, 0.25) is 5.13 Å². The minimum atomic E-state index is -5.16. The fraction of sp³-hybridized carbons (Fsp3) is 0.407. The van der Waals surface area contributed by atoms with Crippen LogP contribution in [0.25, 0.3) is 10.6 Å². The number of benzene rings is 2. The van der Waals surface area contributed by atoms with Gasteiger partial charge < -0.3 is 19.8 Å². The fourth-order valence-corrected chi connectivity index (χ4v) is 6.34. The van der Waals surface area contributed by atoms with Crippen LogP contribution in [0, 0.1) is 5.41 Å². The van der Waals surface area contributed by atoms with Crippen molar-refractivity contribution < 1.29 is 27.9 Å². The average molecular weight is 594 g/mol. The van der Waals surface area contributed by atoms with Gasteiger partial charge in [0, 0.05) is 56.8 Å². The molecule has 1 aromatic heterocycles. The van der Waals surface area contributed by atoms with Gasteiger partial charge in [0.25, 0.3) is 17.4 Å². The zero-order valence-electron chi connectivity index (χ0n) is 21.8. The van der Waals surface area contributed by atoms with Crippen molar-refractivity contribution in [1.82, 2.24) is 20.0 Å². The molecule has 0 saturated carbocycles. The third-order valence-corrected chi connectivity index (χ3v) is 8.96. The van der Waals surface area contributed by atoms with Crippen molar-refractivity contribution in [2.24, 2.45) is 5.41 Å². The van der Waals surface area contributed by atoms with E-state index in [0.717, 1.165) is 22.6 Å². The molecule has 3 aromatic rings. The molecule has 0 aliphatic carbocycles. The highest BCUT2D eigenvalue weighted by Crippen LogP contribution is 2.46. The Balaban J connectivity index is 1.22. The van der Waals surface area contributed by atoms with Gasteiger partial charge in [-0.1, -0.05) is 59.3 Å². The molecule has 40 heavy (non-hydrogen) atoms. The molecule has 13 heteroatoms. The SMILES string of the molecule is CN(C)C(=O)c1ccc(-c2nnc(N3CC4(CCN(C(=O)C(O)(c5ccccc5)C(F)(F)F)CC4)C3)s2)cc1Cl. The number of rotatable bonds is 5. The van der Waals surface area contributed by atoms with Crippen LogP contribution in [0.15, 0.2) is 48.5 Å². The number of hydrogen-bond donors (Lipinski definition) is 1. The van der Waals surface area contributed by atoms with Gasteiger partial charge in [0.1, 0.15) is 5.01 Å². The van der Waals surface area contributed by atoms with E-state index in [9.17, 15) is 27.9 Å². The Labute approximate surface area is 238 Å². The van der Waals surface area contributed by atoms with Crippen molar-refractivity contribution in [3.8, 4) is 10.6 Å². The highest BCUT2D eigenvalue weighted by atomic mass is 35.5. The minimum Gasteiger partial charge on any atom is -0.369 e. The van der Waals surface area contributed by atoms with Crippen molar-refractivity contribution >= 4 is 39.9 Å². The van der Waals surface area contributed by atoms with Gasteiger partial charge >= 0.3 is 6.18 Å². The quantitative estimate of drug-likeness (QED) is 0.471. The highest BCUT2D eigenvalue weighted by Gasteiger charge is 2.62. The van der Waals surface area contributed by atoms with Crippen molar-refractivity contribution in [1.29, 1.82) is 0 Å². The molecule has 8 nitrogen and oxygen atoms in total. The van der Waals surface area contributed by atoms with Gasteiger partial charge in [-0.25, -0.2) is 0 Å². The van der Waals surface area contributed by atoms with Gasteiger partial charge in [-0.3, -0.25) is 9.59 Å². The Morgan fingerprint density at radius 2 is 1.70 bits per heavy atom. The van der Waals surface area contributed by atoms with E-state index < -0.39 is 23.2 Å². The number of amides is 2. The third kappa shape index (κ3) is 4.92. The van der Waals surface area contributed by atoms with Crippen LogP contribution in [0.5, 0.6) is 0 Å². The van der Waals surface area contributed by atoms with Crippen LogP contribution in [0.1, 0.15) is 28.8 Å². The average Bonchev–Trinajstić information content (AvgIpc) is 3.40. The zero-order valence-corrected chi connectivity index (χ0v) is 23.4. The maximum atomic E-state index is 14.0. The van der Waals surface area contributed by atoms with E-state index >= 15 is 0 Å². The first kappa shape index (κ1) is 28.3. The summed E-state index contributed by atoms with van der Waals surface area (Å²) in [6.45, 7) is 1.53. The summed E-state index contributed by atoms with van der Waals surface area (Å²) in [7, 11) is 3.30. The molecule has 1 atom stereocenters. The molecule has 2 saturated heterocycles. The Morgan fingerprint density at radius 1 is 1.05 bits per heavy atom. The highest BCUT2D eigenvalue weighted by molar-refractivity contribution is 7.18. The lowest BCUT2D eigenvalue weighted by atomic mass is 9.72. The molecule has 2 aliphatic heterocycles. The fourth-order valence-electron chi connectivity index (χ4n) is 5.24. The molecule has 1 unspecified atom stereocenters. The van der Waals surface area contributed by atoms with Crippen LogP contribution in [0.2, 0.25) is 5.02 Å². The van der Waals surface area contributed by atoms with Crippen LogP contribution < -0.4 is 4.90 Å². The lowest BCUT2D eigenvalue weighted by Crippen LogP contribution is -2.63. The summed E-state index contributed by atoms with van der Waals surface area (Å²) >= 11 is 7.72. The summed E-state index contributed by atoms with van der Waals surface area (Å²) in [5, 5.41) is 20.9. The number of hydrogen-bond acceptors (Lipinski definition) is 7. The minimum absolute atomic E-state index is 0.121. The second kappa shape index (κ2) is 10.3. The Hall–Kier alpha value is -3.22. The standard InChI is InChI=1S/C27H27ClF3N5O3S/c1-34(2)22(37)19-9-8-17(14-20(19)28)21-32-33-24(40-21)36-15-25(16-36)10-12-35(13-11-25)23(38)26(39,27(29,30)31)18-6-4-3-5-7-18/h3-9,14,39H,10-13,15-16H2,1-2H3. The van der Waals surface area contributed by atoms with Crippen LogP contribution in [0.3, 0.4) is 0 Å². The maximum Gasteiger partial charge on any atom is 0.430 e. The molecule has 0 bridgehead atoms. The number of aliphatic hydroxyl groups is 1. The predicted molar refractivity (Wildman–Crippen MR) is 145 cm³/mol. The van der Waals surface area contributed by atoms with Crippen molar-refractivity contribution in [3.05, 3.63) is 64.7 Å². The third-order valence-electron chi connectivity index (χ3n) is 7.61. The number of aromatic nitrogens is 2. The van der Waals surface area contributed by atoms with Gasteiger partial charge in [0.15, 0.2) is 0 Å². The normalized spacial score (nSPS) is 18.3. The summed E-state index contributed by atoms with van der Waals surface area (Å²) in [5.74, 6) is -1.54. The largest absolute Gasteiger partial charge is 0.430 e. The monoisotopic (exact) mass is 593 g/mol. The molecular weight excluding hydrogens is 567 g/mol. The molecular formula is C27H27ClF3N5O3S. The van der Waals surface area contributed by atoms with Crippen LogP contribution in [-0.2, 0) is 10.4 Å². The van der Waals surface area contributed by atoms with E-state index in [1.54, 1.807) is 32.3 Å². The van der Waals surface area contributed by atoms with Crippen LogP contribution in [0.4, 0.5) is 18.3 Å². The number of carbonyl (C=O) groups is 2. The van der Waals surface area contributed by atoms with E-state index in [0.29, 0.717) is 46.7 Å². The van der Waals surface area contributed by atoms with Crippen molar-refractivity contribution in [2.75, 3.05) is 45.2 Å². The van der Waals surface area contributed by atoms with Crippen molar-refractivity contribution in [2.45, 2.75) is 24.6 Å². The zero-order chi connectivity index (χ0) is 28.9. The molecule has 1 spiro atoms. The molecule has 1 N–H and O–H groups in total. The molecule has 5 rings (SSSR count). The summed E-state index contributed by atoms with van der Waals surface area (Å²) in [4.78, 5) is 29.9. The smallest absolute Gasteiger partial charge is 0.369 e. The maximum absolute atomic E-state index is 14.0. The molecule has 2 amide bonds. The Morgan fingerprint density at radius 3 is 2.27 bits per heavy atom. The number of anilines is 1. The van der Waals surface area contributed by atoms with Gasteiger partial charge in [0.05, 0.1) is 10.6 Å². The second-order valence-electron chi connectivity index (χ2n) is 10.5. The lowest BCUT2D eigenvalue weighted by Gasteiger charge is -2.54. The number of alkyl halides is 3. The first-order chi connectivity index (χ1) is 18.8. The summed E-state index contributed by atoms with van der Waals surface area (Å²) in [5.41, 5.74) is -3.10. The first-order valence-corrected chi connectivity index (χ1v) is 13.8. The number of carbonyl (C=O) groups excluding carboxylic acids is 2. The summed E-state index contributed by atoms with van der Waals surface area (Å²) in [6.07, 6.45) is -4.13. The first-order valence-electron chi connectivity index (χ1n) is 12.6. The number of halogens is 4. The molecule has 0 radical (unpaired) electrons. The van der Waals surface area contributed by atoms with Gasteiger partial charge in [-0.2, -0.15) is 13.2 Å². The summed E-state index contributed by atoms with van der Waals surface area (Å²) < 4.78 is 41.9. The van der Waals surface area contributed by atoms with E-state index in [2.05, 4.69) is 15.1 Å². The van der Waals surface area contributed by atoms with Gasteiger partial charge in [-0.05, 0) is 25.0 Å². The van der Waals surface area contributed by atoms with E-state index in [1.807, 2.05) is 0 Å². The number of piperidine rings is 1. The van der Waals surface area contributed by atoms with E-state index in [4.69, 9.17) is 11.6 Å². The second-order valence-corrected chi connectivity index (χ2v) is 11.9. The van der Waals surface area contributed by atoms with E-state index in [-0.39, 0.29) is 24.4 Å². The topological polar surface area (TPSA) is 89.9 Å². The molecule has 2 aliphatic rings. The van der Waals surface area contributed by atoms with Crippen LogP contribution >= 0.6 is 22.9 Å². The number of likely N-dealkylation sites (tertiary alicyclic amines) is 1. The van der Waals surface area contributed by atoms with E-state index in [1.165, 1.54) is 34.4 Å². The Kier molecular flexibility index (Phi) is 7.30. The van der Waals surface area contributed by atoms with Gasteiger partial charge in [-0.15, -0.1) is 10.2 Å². The molecule has 2 fully saturated rings. The lowest BCUT2D eigenvalue weighted by molar-refractivity contribution is -0.262. The van der Waals surface area contributed by atoms with Crippen molar-refractivity contribution in [3.63, 3.8) is 0 Å². The molecule has 2 aromatic carbocycles. The Bertz CT molecular complexity index is 1420. The molecule has 212 valence electrons. The predicted octanol–water partition coefficient (Wildman–Crippen LogP) is 4.44. The summed E-state index contributed by atoms with van der Waals surface area (Å²) in [6, 6.07) is 11.6. The van der Waals surface area contributed by atoms with Crippen LogP contribution in [-0.4, -0.2) is 83.4 Å².